The van der Waals surface area contributed by atoms with E-state index in [9.17, 15) is 9.90 Å². The van der Waals surface area contributed by atoms with Crippen molar-refractivity contribution in [2.45, 2.75) is 0 Å². The molecule has 0 fully saturated rings. The van der Waals surface area contributed by atoms with Gasteiger partial charge in [-0.2, -0.15) is 0 Å². The molecule has 0 aliphatic heterocycles. The second-order valence-electron chi connectivity index (χ2n) is 3.99. The van der Waals surface area contributed by atoms with Crippen LogP contribution in [0.25, 0.3) is 22.1 Å². The molecule has 0 unspecified atom stereocenters. The molecule has 1 aromatic heterocycles. The Hall–Kier alpha value is -2.55. The molecule has 1 heterocycles. The normalized spacial score (nSPS) is 10.7. The molecule has 3 nitrogen and oxygen atoms in total. The monoisotopic (exact) mass is 238 g/mol. The number of hydrogen-bond acceptors (Lipinski definition) is 2. The number of benzene rings is 2. The van der Waals surface area contributed by atoms with Gasteiger partial charge in [-0.05, 0) is 29.0 Å². The summed E-state index contributed by atoms with van der Waals surface area (Å²) in [6, 6.07) is 14.6. The second-order valence-corrected chi connectivity index (χ2v) is 3.99. The lowest BCUT2D eigenvalue weighted by molar-refractivity contribution is 0.0699. The van der Waals surface area contributed by atoms with Crippen LogP contribution in [0, 0.1) is 0 Å². The van der Waals surface area contributed by atoms with Gasteiger partial charge in [-0.3, -0.25) is 0 Å². The lowest BCUT2D eigenvalue weighted by Crippen LogP contribution is -2.00. The van der Waals surface area contributed by atoms with Crippen molar-refractivity contribution in [3.05, 3.63) is 60.4 Å². The summed E-state index contributed by atoms with van der Waals surface area (Å²) in [6.07, 6.45) is 1.54. The van der Waals surface area contributed by atoms with Crippen LogP contribution in [0.3, 0.4) is 0 Å². The third-order valence-electron chi connectivity index (χ3n) is 2.93. The van der Waals surface area contributed by atoms with Crippen molar-refractivity contribution in [1.82, 2.24) is 0 Å². The Morgan fingerprint density at radius 2 is 1.83 bits per heavy atom. The summed E-state index contributed by atoms with van der Waals surface area (Å²) in [4.78, 5) is 11.5. The molecule has 3 rings (SSSR count). The summed E-state index contributed by atoms with van der Waals surface area (Å²) in [7, 11) is 0. The van der Waals surface area contributed by atoms with E-state index in [4.69, 9.17) is 4.42 Å². The van der Waals surface area contributed by atoms with Crippen molar-refractivity contribution < 1.29 is 14.3 Å². The molecule has 0 radical (unpaired) electrons. The van der Waals surface area contributed by atoms with Crippen LogP contribution >= 0.6 is 0 Å². The first kappa shape index (κ1) is 10.6. The van der Waals surface area contributed by atoms with E-state index in [1.54, 1.807) is 18.2 Å². The molecule has 3 heteroatoms. The van der Waals surface area contributed by atoms with Crippen molar-refractivity contribution in [3.63, 3.8) is 0 Å². The number of rotatable bonds is 2. The van der Waals surface area contributed by atoms with Gasteiger partial charge < -0.3 is 9.52 Å². The maximum Gasteiger partial charge on any atom is 0.337 e. The highest BCUT2D eigenvalue weighted by molar-refractivity contribution is 6.09. The minimum absolute atomic E-state index is 0.281. The largest absolute Gasteiger partial charge is 0.478 e. The predicted molar refractivity (Wildman–Crippen MR) is 68.6 cm³/mol. The van der Waals surface area contributed by atoms with E-state index in [-0.39, 0.29) is 5.56 Å². The first-order valence-corrected chi connectivity index (χ1v) is 5.56. The number of hydrogen-bond donors (Lipinski definition) is 1. The highest BCUT2D eigenvalue weighted by Crippen LogP contribution is 2.30. The summed E-state index contributed by atoms with van der Waals surface area (Å²) in [5.41, 5.74) is 0.884. The van der Waals surface area contributed by atoms with Gasteiger partial charge in [0, 0.05) is 5.56 Å². The molecule has 3 aromatic rings. The van der Waals surface area contributed by atoms with Crippen LogP contribution in [0.2, 0.25) is 0 Å². The zero-order valence-corrected chi connectivity index (χ0v) is 9.46. The standard InChI is InChI=1S/C15H10O3/c16-15(17)14-11-5-2-1-4-10(11)7-8-12(14)13-6-3-9-18-13/h1-9H,(H,16,17). The Bertz CT molecular complexity index is 712. The van der Waals surface area contributed by atoms with E-state index in [0.717, 1.165) is 10.8 Å². The zero-order chi connectivity index (χ0) is 12.5. The van der Waals surface area contributed by atoms with Crippen molar-refractivity contribution in [2.24, 2.45) is 0 Å². The smallest absolute Gasteiger partial charge is 0.337 e. The molecule has 0 aliphatic carbocycles. The SMILES string of the molecule is O=C(O)c1c(-c2ccco2)ccc2ccccc12. The average molecular weight is 238 g/mol. The molecule has 0 aliphatic rings. The van der Waals surface area contributed by atoms with Gasteiger partial charge in [-0.25, -0.2) is 4.79 Å². The summed E-state index contributed by atoms with van der Waals surface area (Å²) < 4.78 is 5.30. The molecule has 18 heavy (non-hydrogen) atoms. The number of carboxylic acids is 1. The maximum absolute atomic E-state index is 11.5. The van der Waals surface area contributed by atoms with Crippen LogP contribution < -0.4 is 0 Å². The van der Waals surface area contributed by atoms with Gasteiger partial charge in [0.05, 0.1) is 11.8 Å². The third kappa shape index (κ3) is 1.57. The summed E-state index contributed by atoms with van der Waals surface area (Å²) >= 11 is 0. The van der Waals surface area contributed by atoms with Crippen molar-refractivity contribution in [2.75, 3.05) is 0 Å². The Labute approximate surface area is 103 Å². The fraction of sp³-hybridized carbons (Fsp3) is 0. The van der Waals surface area contributed by atoms with Crippen LogP contribution in [0.1, 0.15) is 10.4 Å². The van der Waals surface area contributed by atoms with E-state index in [1.165, 1.54) is 6.26 Å². The summed E-state index contributed by atoms with van der Waals surface area (Å²) in [5.74, 6) is -0.378. The van der Waals surface area contributed by atoms with E-state index >= 15 is 0 Å². The lowest BCUT2D eigenvalue weighted by atomic mass is 9.97. The van der Waals surface area contributed by atoms with E-state index in [2.05, 4.69) is 0 Å². The van der Waals surface area contributed by atoms with Gasteiger partial charge in [-0.1, -0.05) is 30.3 Å². The van der Waals surface area contributed by atoms with Crippen molar-refractivity contribution in [1.29, 1.82) is 0 Å². The van der Waals surface area contributed by atoms with Gasteiger partial charge in [0.25, 0.3) is 0 Å². The zero-order valence-electron chi connectivity index (χ0n) is 9.46. The molecule has 0 amide bonds. The molecule has 88 valence electrons. The summed E-state index contributed by atoms with van der Waals surface area (Å²) in [5, 5.41) is 11.0. The van der Waals surface area contributed by atoms with Gasteiger partial charge in [-0.15, -0.1) is 0 Å². The topological polar surface area (TPSA) is 50.4 Å². The van der Waals surface area contributed by atoms with Gasteiger partial charge in [0.1, 0.15) is 5.76 Å². The number of carbonyl (C=O) groups is 1. The Balaban J connectivity index is 2.39. The number of fused-ring (bicyclic) bond motifs is 1. The van der Waals surface area contributed by atoms with Crippen LogP contribution in [-0.2, 0) is 0 Å². The molecular weight excluding hydrogens is 228 g/mol. The Morgan fingerprint density at radius 1 is 1.00 bits per heavy atom. The highest BCUT2D eigenvalue weighted by atomic mass is 16.4. The molecule has 0 spiro atoms. The first-order valence-electron chi connectivity index (χ1n) is 5.56. The first-order chi connectivity index (χ1) is 8.77. The Kier molecular flexibility index (Phi) is 2.38. The second kappa shape index (κ2) is 4.04. The molecule has 0 saturated heterocycles. The van der Waals surface area contributed by atoms with Gasteiger partial charge in [0.15, 0.2) is 0 Å². The average Bonchev–Trinajstić information content (AvgIpc) is 2.90. The minimum Gasteiger partial charge on any atom is -0.478 e. The number of aromatic carboxylic acids is 1. The molecule has 0 atom stereocenters. The van der Waals surface area contributed by atoms with E-state index in [0.29, 0.717) is 11.3 Å². The fourth-order valence-corrected chi connectivity index (χ4v) is 2.14. The van der Waals surface area contributed by atoms with Crippen LogP contribution in [0.5, 0.6) is 0 Å². The van der Waals surface area contributed by atoms with Crippen LogP contribution in [0.15, 0.2) is 59.2 Å². The van der Waals surface area contributed by atoms with Gasteiger partial charge in [0.2, 0.25) is 0 Å². The maximum atomic E-state index is 11.5. The van der Waals surface area contributed by atoms with Crippen LogP contribution in [0.4, 0.5) is 0 Å². The molecule has 1 N–H and O–H groups in total. The van der Waals surface area contributed by atoms with Gasteiger partial charge >= 0.3 is 5.97 Å². The van der Waals surface area contributed by atoms with Crippen molar-refractivity contribution >= 4 is 16.7 Å². The number of furan rings is 1. The van der Waals surface area contributed by atoms with Crippen molar-refractivity contribution in [3.8, 4) is 11.3 Å². The van der Waals surface area contributed by atoms with E-state index in [1.807, 2.05) is 30.3 Å². The van der Waals surface area contributed by atoms with E-state index < -0.39 is 5.97 Å². The summed E-state index contributed by atoms with van der Waals surface area (Å²) in [6.45, 7) is 0. The third-order valence-corrected chi connectivity index (χ3v) is 2.93. The minimum atomic E-state index is -0.946. The van der Waals surface area contributed by atoms with Crippen LogP contribution in [-0.4, -0.2) is 11.1 Å². The quantitative estimate of drug-likeness (QED) is 0.738. The Morgan fingerprint density at radius 3 is 2.56 bits per heavy atom. The predicted octanol–water partition coefficient (Wildman–Crippen LogP) is 3.80. The molecule has 2 aromatic carbocycles. The molecule has 0 saturated carbocycles. The molecule has 0 bridgehead atoms. The highest BCUT2D eigenvalue weighted by Gasteiger charge is 2.16. The molecular formula is C15H10O3. The fourth-order valence-electron chi connectivity index (χ4n) is 2.14. The number of carboxylic acid groups (broad SMARTS) is 1. The lowest BCUT2D eigenvalue weighted by Gasteiger charge is -2.07.